The first kappa shape index (κ1) is 14.0. The Hall–Kier alpha value is -1.98. The van der Waals surface area contributed by atoms with E-state index in [0.29, 0.717) is 4.47 Å². The van der Waals surface area contributed by atoms with Crippen LogP contribution >= 0.6 is 15.9 Å². The Labute approximate surface area is 130 Å². The van der Waals surface area contributed by atoms with E-state index < -0.39 is 0 Å². The average molecular weight is 346 g/mol. The molecule has 1 atom stereocenters. The van der Waals surface area contributed by atoms with Gasteiger partial charge in [-0.25, -0.2) is 9.37 Å². The van der Waals surface area contributed by atoms with Crippen molar-refractivity contribution in [1.29, 1.82) is 0 Å². The van der Waals surface area contributed by atoms with Crippen LogP contribution < -0.4 is 5.73 Å². The Kier molecular flexibility index (Phi) is 3.86. The molecule has 3 rings (SSSR count). The van der Waals surface area contributed by atoms with E-state index in [0.717, 1.165) is 16.9 Å². The smallest absolute Gasteiger partial charge is 0.124 e. The van der Waals surface area contributed by atoms with Crippen LogP contribution in [0.3, 0.4) is 0 Å². The van der Waals surface area contributed by atoms with Crippen molar-refractivity contribution < 1.29 is 4.39 Å². The molecule has 0 spiro atoms. The number of nitrogens with zero attached hydrogens (tertiary/aromatic N) is 2. The monoisotopic (exact) mass is 345 g/mol. The molecular formula is C16H13BrFN3. The van der Waals surface area contributed by atoms with Crippen molar-refractivity contribution in [3.05, 3.63) is 82.6 Å². The molecule has 0 fully saturated rings. The standard InChI is InChI=1S/C16H13BrFN3/c17-13-8-12(18)6-7-14(13)21-10-20-9-15(21)16(19)11-4-2-1-3-5-11/h1-10,16H,19H2. The Morgan fingerprint density at radius 1 is 1.14 bits per heavy atom. The average Bonchev–Trinajstić information content (AvgIpc) is 2.96. The highest BCUT2D eigenvalue weighted by Gasteiger charge is 2.16. The van der Waals surface area contributed by atoms with E-state index in [9.17, 15) is 4.39 Å². The molecule has 3 aromatic rings. The number of nitrogens with two attached hydrogens (primary N) is 1. The summed E-state index contributed by atoms with van der Waals surface area (Å²) in [6.07, 6.45) is 3.41. The van der Waals surface area contributed by atoms with Gasteiger partial charge in [-0.1, -0.05) is 30.3 Å². The number of hydrogen-bond donors (Lipinski definition) is 1. The van der Waals surface area contributed by atoms with Crippen LogP contribution in [0, 0.1) is 5.82 Å². The summed E-state index contributed by atoms with van der Waals surface area (Å²) < 4.78 is 15.8. The molecule has 2 N–H and O–H groups in total. The third kappa shape index (κ3) is 2.75. The summed E-state index contributed by atoms with van der Waals surface area (Å²) in [7, 11) is 0. The van der Waals surface area contributed by atoms with Crippen LogP contribution in [0.5, 0.6) is 0 Å². The number of hydrogen-bond acceptors (Lipinski definition) is 2. The van der Waals surface area contributed by atoms with Crippen molar-refractivity contribution in [1.82, 2.24) is 9.55 Å². The van der Waals surface area contributed by atoms with Crippen LogP contribution in [0.15, 0.2) is 65.5 Å². The van der Waals surface area contributed by atoms with Gasteiger partial charge >= 0.3 is 0 Å². The molecule has 0 radical (unpaired) electrons. The molecule has 1 aromatic heterocycles. The van der Waals surface area contributed by atoms with Crippen molar-refractivity contribution in [2.75, 3.05) is 0 Å². The van der Waals surface area contributed by atoms with E-state index >= 15 is 0 Å². The minimum atomic E-state index is -0.300. The van der Waals surface area contributed by atoms with Gasteiger partial charge in [0.05, 0.1) is 29.9 Å². The van der Waals surface area contributed by atoms with Crippen LogP contribution in [0.4, 0.5) is 4.39 Å². The number of benzene rings is 2. The highest BCUT2D eigenvalue weighted by Crippen LogP contribution is 2.27. The van der Waals surface area contributed by atoms with Crippen LogP contribution in [0.1, 0.15) is 17.3 Å². The second kappa shape index (κ2) is 5.79. The van der Waals surface area contributed by atoms with Crippen molar-refractivity contribution >= 4 is 15.9 Å². The van der Waals surface area contributed by atoms with E-state index in [1.807, 2.05) is 34.9 Å². The lowest BCUT2D eigenvalue weighted by molar-refractivity contribution is 0.626. The molecule has 0 saturated heterocycles. The molecule has 3 nitrogen and oxygen atoms in total. The number of aromatic nitrogens is 2. The molecule has 5 heteroatoms. The lowest BCUT2D eigenvalue weighted by atomic mass is 10.1. The van der Waals surface area contributed by atoms with Gasteiger partial charge in [0.25, 0.3) is 0 Å². The summed E-state index contributed by atoms with van der Waals surface area (Å²) in [5, 5.41) is 0. The molecule has 0 saturated carbocycles. The fraction of sp³-hybridized carbons (Fsp3) is 0.0625. The summed E-state index contributed by atoms with van der Waals surface area (Å²) in [6, 6.07) is 14.0. The summed E-state index contributed by atoms with van der Waals surface area (Å²) in [4.78, 5) is 4.18. The predicted molar refractivity (Wildman–Crippen MR) is 83.7 cm³/mol. The van der Waals surface area contributed by atoms with Gasteiger partial charge in [0, 0.05) is 4.47 Å². The van der Waals surface area contributed by atoms with E-state index in [-0.39, 0.29) is 11.9 Å². The van der Waals surface area contributed by atoms with E-state index in [1.165, 1.54) is 12.1 Å². The van der Waals surface area contributed by atoms with Crippen molar-refractivity contribution in [2.45, 2.75) is 6.04 Å². The molecule has 21 heavy (non-hydrogen) atoms. The van der Waals surface area contributed by atoms with Gasteiger partial charge in [0.2, 0.25) is 0 Å². The molecule has 1 heterocycles. The van der Waals surface area contributed by atoms with Crippen LogP contribution in [0.25, 0.3) is 5.69 Å². The highest BCUT2D eigenvalue weighted by atomic mass is 79.9. The van der Waals surface area contributed by atoms with Gasteiger partial charge in [-0.05, 0) is 39.7 Å². The minimum Gasteiger partial charge on any atom is -0.319 e. The van der Waals surface area contributed by atoms with Gasteiger partial charge in [-0.2, -0.15) is 0 Å². The number of imidazole rings is 1. The Morgan fingerprint density at radius 3 is 2.62 bits per heavy atom. The third-order valence-electron chi connectivity index (χ3n) is 3.31. The fourth-order valence-electron chi connectivity index (χ4n) is 2.24. The first-order valence-corrected chi connectivity index (χ1v) is 7.24. The Bertz CT molecular complexity index is 755. The second-order valence-electron chi connectivity index (χ2n) is 4.67. The zero-order valence-electron chi connectivity index (χ0n) is 11.1. The molecule has 106 valence electrons. The molecule has 0 bridgehead atoms. The van der Waals surface area contributed by atoms with Crippen LogP contribution in [-0.2, 0) is 0 Å². The zero-order valence-corrected chi connectivity index (χ0v) is 12.7. The predicted octanol–water partition coefficient (Wildman–Crippen LogP) is 3.82. The van der Waals surface area contributed by atoms with E-state index in [1.54, 1.807) is 18.6 Å². The lowest BCUT2D eigenvalue weighted by Gasteiger charge is -2.16. The van der Waals surface area contributed by atoms with Crippen LogP contribution in [0.2, 0.25) is 0 Å². The maximum atomic E-state index is 13.2. The minimum absolute atomic E-state index is 0.292. The van der Waals surface area contributed by atoms with Gasteiger partial charge in [0.15, 0.2) is 0 Å². The van der Waals surface area contributed by atoms with E-state index in [2.05, 4.69) is 20.9 Å². The molecule has 0 aliphatic heterocycles. The summed E-state index contributed by atoms with van der Waals surface area (Å²) >= 11 is 3.38. The Balaban J connectivity index is 2.05. The number of rotatable bonds is 3. The van der Waals surface area contributed by atoms with Gasteiger partial charge in [-0.15, -0.1) is 0 Å². The topological polar surface area (TPSA) is 43.8 Å². The van der Waals surface area contributed by atoms with Crippen molar-refractivity contribution in [3.63, 3.8) is 0 Å². The largest absolute Gasteiger partial charge is 0.319 e. The first-order chi connectivity index (χ1) is 10.2. The molecule has 0 aliphatic carbocycles. The third-order valence-corrected chi connectivity index (χ3v) is 3.95. The maximum Gasteiger partial charge on any atom is 0.124 e. The van der Waals surface area contributed by atoms with Gasteiger partial charge in [-0.3, -0.25) is 0 Å². The van der Waals surface area contributed by atoms with E-state index in [4.69, 9.17) is 5.73 Å². The van der Waals surface area contributed by atoms with Crippen molar-refractivity contribution in [3.8, 4) is 5.69 Å². The molecule has 0 aliphatic rings. The Morgan fingerprint density at radius 2 is 1.90 bits per heavy atom. The fourth-order valence-corrected chi connectivity index (χ4v) is 2.79. The van der Waals surface area contributed by atoms with Gasteiger partial charge < -0.3 is 10.3 Å². The molecule has 1 unspecified atom stereocenters. The highest BCUT2D eigenvalue weighted by molar-refractivity contribution is 9.10. The zero-order chi connectivity index (χ0) is 14.8. The summed E-state index contributed by atoms with van der Waals surface area (Å²) in [5.41, 5.74) is 8.97. The van der Waals surface area contributed by atoms with Gasteiger partial charge in [0.1, 0.15) is 5.82 Å². The molecule has 0 amide bonds. The van der Waals surface area contributed by atoms with Crippen LogP contribution in [-0.4, -0.2) is 9.55 Å². The molecular weight excluding hydrogens is 333 g/mol. The number of halogens is 2. The SMILES string of the molecule is NC(c1ccccc1)c1cncn1-c1ccc(F)cc1Br. The summed E-state index contributed by atoms with van der Waals surface area (Å²) in [6.45, 7) is 0. The maximum absolute atomic E-state index is 13.2. The second-order valence-corrected chi connectivity index (χ2v) is 5.53. The van der Waals surface area contributed by atoms with Crippen molar-refractivity contribution in [2.24, 2.45) is 5.73 Å². The molecule has 2 aromatic carbocycles. The first-order valence-electron chi connectivity index (χ1n) is 6.45. The normalized spacial score (nSPS) is 12.3. The quantitative estimate of drug-likeness (QED) is 0.784. The summed E-state index contributed by atoms with van der Waals surface area (Å²) in [5.74, 6) is -0.292. The lowest BCUT2D eigenvalue weighted by Crippen LogP contribution is -2.16.